The number of hydrogen-bond donors (Lipinski definition) is 1. The van der Waals surface area contributed by atoms with Gasteiger partial charge in [0.25, 0.3) is 0 Å². The third-order valence-electron chi connectivity index (χ3n) is 1.87. The molecule has 0 spiro atoms. The lowest BCUT2D eigenvalue weighted by atomic mass is 10.1. The zero-order chi connectivity index (χ0) is 6.27. The molecule has 0 aromatic heterocycles. The van der Waals surface area contributed by atoms with Crippen LogP contribution in [0.5, 0.6) is 0 Å². The minimum absolute atomic E-state index is 0.262. The molecular weight excluding hydrogens is 120 g/mol. The van der Waals surface area contributed by atoms with Gasteiger partial charge in [-0.2, -0.15) is 0 Å². The van der Waals surface area contributed by atoms with Crippen molar-refractivity contribution in [2.24, 2.45) is 0 Å². The van der Waals surface area contributed by atoms with E-state index in [1.54, 1.807) is 0 Å². The molecule has 0 aliphatic carbocycles. The summed E-state index contributed by atoms with van der Waals surface area (Å²) in [4.78, 5) is 0. The van der Waals surface area contributed by atoms with Gasteiger partial charge in [-0.1, -0.05) is 0 Å². The third kappa shape index (κ3) is 0.852. The van der Waals surface area contributed by atoms with E-state index < -0.39 is 0 Å². The molecule has 0 aromatic rings. The second kappa shape index (κ2) is 1.94. The summed E-state index contributed by atoms with van der Waals surface area (Å²) >= 11 is 0. The van der Waals surface area contributed by atoms with E-state index in [0.29, 0.717) is 6.61 Å². The van der Waals surface area contributed by atoms with Crippen LogP contribution in [-0.2, 0) is 9.47 Å². The molecule has 3 atom stereocenters. The molecule has 9 heavy (non-hydrogen) atoms. The van der Waals surface area contributed by atoms with Gasteiger partial charge in [-0.25, -0.2) is 0 Å². The summed E-state index contributed by atoms with van der Waals surface area (Å²) in [7, 11) is 0. The van der Waals surface area contributed by atoms with Gasteiger partial charge < -0.3 is 14.6 Å². The lowest BCUT2D eigenvalue weighted by molar-refractivity contribution is -0.152. The predicted molar refractivity (Wildman–Crippen MR) is 29.9 cm³/mol. The highest BCUT2D eigenvalue weighted by Gasteiger charge is 2.36. The van der Waals surface area contributed by atoms with E-state index >= 15 is 0 Å². The monoisotopic (exact) mass is 130 g/mol. The van der Waals surface area contributed by atoms with Gasteiger partial charge in [0.15, 0.2) is 6.29 Å². The molecule has 2 aliphatic heterocycles. The average Bonchev–Trinajstić information content (AvgIpc) is 2.25. The van der Waals surface area contributed by atoms with Gasteiger partial charge in [0, 0.05) is 0 Å². The van der Waals surface area contributed by atoms with Gasteiger partial charge in [0.1, 0.15) is 6.10 Å². The quantitative estimate of drug-likeness (QED) is 0.497. The third-order valence-corrected chi connectivity index (χ3v) is 1.87. The zero-order valence-electron chi connectivity index (χ0n) is 5.12. The minimum Gasteiger partial charge on any atom is -0.388 e. The van der Waals surface area contributed by atoms with Gasteiger partial charge in [-0.05, 0) is 12.8 Å². The van der Waals surface area contributed by atoms with Crippen molar-refractivity contribution in [3.05, 3.63) is 0 Å². The summed E-state index contributed by atoms with van der Waals surface area (Å²) in [5.41, 5.74) is 0. The van der Waals surface area contributed by atoms with E-state index in [1.807, 2.05) is 0 Å². The molecule has 1 N–H and O–H groups in total. The first-order valence-electron chi connectivity index (χ1n) is 3.31. The fourth-order valence-corrected chi connectivity index (χ4v) is 1.32. The van der Waals surface area contributed by atoms with Crippen LogP contribution in [0.4, 0.5) is 0 Å². The van der Waals surface area contributed by atoms with Crippen molar-refractivity contribution in [1.82, 2.24) is 0 Å². The van der Waals surface area contributed by atoms with Crippen molar-refractivity contribution in [2.45, 2.75) is 31.3 Å². The smallest absolute Gasteiger partial charge is 0.183 e. The molecule has 2 fully saturated rings. The van der Waals surface area contributed by atoms with Crippen molar-refractivity contribution >= 4 is 0 Å². The maximum Gasteiger partial charge on any atom is 0.183 e. The predicted octanol–water partition coefficient (Wildman–Crippen LogP) is -0.117. The van der Waals surface area contributed by atoms with E-state index in [-0.39, 0.29) is 18.5 Å². The molecule has 0 saturated carbocycles. The maximum atomic E-state index is 9.15. The van der Waals surface area contributed by atoms with Crippen LogP contribution in [0.15, 0.2) is 0 Å². The first kappa shape index (κ1) is 5.65. The largest absolute Gasteiger partial charge is 0.388 e. The topological polar surface area (TPSA) is 38.7 Å². The maximum absolute atomic E-state index is 9.15. The highest BCUT2D eigenvalue weighted by molar-refractivity contribution is 4.77. The fourth-order valence-electron chi connectivity index (χ4n) is 1.32. The first-order valence-corrected chi connectivity index (χ1v) is 3.31. The summed E-state index contributed by atoms with van der Waals surface area (Å²) in [5.74, 6) is 0. The van der Waals surface area contributed by atoms with Crippen molar-refractivity contribution in [1.29, 1.82) is 0 Å². The zero-order valence-corrected chi connectivity index (χ0v) is 5.12. The highest BCUT2D eigenvalue weighted by atomic mass is 16.7. The van der Waals surface area contributed by atoms with Crippen molar-refractivity contribution in [3.8, 4) is 0 Å². The van der Waals surface area contributed by atoms with Crippen LogP contribution in [0, 0.1) is 0 Å². The molecule has 3 nitrogen and oxygen atoms in total. The summed E-state index contributed by atoms with van der Waals surface area (Å²) in [6, 6.07) is 0. The standard InChI is InChI=1S/C6H10O3/c7-5-2-1-4-3-8-6(5)9-4/h4-7H,1-3H2/t4-,5-,6-/m1/s1. The van der Waals surface area contributed by atoms with Gasteiger partial charge in [-0.3, -0.25) is 0 Å². The molecular formula is C6H10O3. The molecule has 2 rings (SSSR count). The van der Waals surface area contributed by atoms with E-state index in [9.17, 15) is 0 Å². The molecule has 52 valence electrons. The van der Waals surface area contributed by atoms with Crippen molar-refractivity contribution < 1.29 is 14.6 Å². The molecule has 3 heteroatoms. The van der Waals surface area contributed by atoms with Crippen LogP contribution >= 0.6 is 0 Å². The van der Waals surface area contributed by atoms with Crippen LogP contribution in [0.25, 0.3) is 0 Å². The Bertz CT molecular complexity index is 115. The van der Waals surface area contributed by atoms with Crippen LogP contribution < -0.4 is 0 Å². The summed E-state index contributed by atoms with van der Waals surface area (Å²) in [6.45, 7) is 0.668. The summed E-state index contributed by atoms with van der Waals surface area (Å²) in [6.07, 6.45) is 1.33. The second-order valence-corrected chi connectivity index (χ2v) is 2.60. The number of hydrogen-bond acceptors (Lipinski definition) is 3. The Kier molecular flexibility index (Phi) is 1.22. The normalized spacial score (nSPS) is 49.7. The number of ether oxygens (including phenoxy) is 2. The molecule has 0 unspecified atom stereocenters. The Morgan fingerprint density at radius 1 is 1.33 bits per heavy atom. The van der Waals surface area contributed by atoms with Crippen molar-refractivity contribution in [2.75, 3.05) is 6.61 Å². The van der Waals surface area contributed by atoms with Gasteiger partial charge >= 0.3 is 0 Å². The molecule has 2 aliphatic rings. The summed E-state index contributed by atoms with van der Waals surface area (Å²) in [5, 5.41) is 9.15. The van der Waals surface area contributed by atoms with E-state index in [1.165, 1.54) is 0 Å². The Morgan fingerprint density at radius 3 is 3.00 bits per heavy atom. The van der Waals surface area contributed by atoms with E-state index in [0.717, 1.165) is 12.8 Å². The van der Waals surface area contributed by atoms with Crippen LogP contribution in [0.2, 0.25) is 0 Å². The van der Waals surface area contributed by atoms with E-state index in [4.69, 9.17) is 14.6 Å². The number of aliphatic hydroxyl groups excluding tert-OH is 1. The molecule has 2 saturated heterocycles. The van der Waals surface area contributed by atoms with Crippen LogP contribution in [-0.4, -0.2) is 30.2 Å². The Balaban J connectivity index is 2.05. The lowest BCUT2D eigenvalue weighted by Crippen LogP contribution is -2.32. The second-order valence-electron chi connectivity index (χ2n) is 2.60. The fraction of sp³-hybridized carbons (Fsp3) is 1.00. The Labute approximate surface area is 53.6 Å². The van der Waals surface area contributed by atoms with Crippen LogP contribution in [0.1, 0.15) is 12.8 Å². The average molecular weight is 130 g/mol. The number of fused-ring (bicyclic) bond motifs is 2. The summed E-state index contributed by atoms with van der Waals surface area (Å²) < 4.78 is 10.4. The Hall–Kier alpha value is -0.120. The number of rotatable bonds is 0. The molecule has 0 aromatic carbocycles. The highest BCUT2D eigenvalue weighted by Crippen LogP contribution is 2.26. The molecule has 0 amide bonds. The first-order chi connectivity index (χ1) is 4.36. The van der Waals surface area contributed by atoms with E-state index in [2.05, 4.69) is 0 Å². The van der Waals surface area contributed by atoms with Gasteiger partial charge in [-0.15, -0.1) is 0 Å². The van der Waals surface area contributed by atoms with Crippen molar-refractivity contribution in [3.63, 3.8) is 0 Å². The molecule has 2 heterocycles. The van der Waals surface area contributed by atoms with Crippen LogP contribution in [0.3, 0.4) is 0 Å². The SMILES string of the molecule is O[C@@H]1CC[C@@H]2CO[C@@H]1O2. The van der Waals surface area contributed by atoms with Gasteiger partial charge in [0.2, 0.25) is 0 Å². The lowest BCUT2D eigenvalue weighted by Gasteiger charge is -2.22. The minimum atomic E-state index is -0.385. The Morgan fingerprint density at radius 2 is 2.22 bits per heavy atom. The molecule has 2 bridgehead atoms. The van der Waals surface area contributed by atoms with Gasteiger partial charge in [0.05, 0.1) is 12.7 Å². The number of aliphatic hydroxyl groups is 1. The molecule has 0 radical (unpaired) electrons.